The topological polar surface area (TPSA) is 23.5 Å². The van der Waals surface area contributed by atoms with Gasteiger partial charge in [-0.05, 0) is 37.1 Å². The van der Waals surface area contributed by atoms with Crippen LogP contribution in [0.3, 0.4) is 0 Å². The van der Waals surface area contributed by atoms with Crippen LogP contribution >= 0.6 is 12.6 Å². The van der Waals surface area contributed by atoms with Crippen molar-refractivity contribution < 1.29 is 5.11 Å². The third-order valence-corrected chi connectivity index (χ3v) is 4.40. The highest BCUT2D eigenvalue weighted by atomic mass is 32.1. The van der Waals surface area contributed by atoms with Crippen LogP contribution in [0.15, 0.2) is 30.3 Å². The Kier molecular flexibility index (Phi) is 5.10. The molecule has 1 saturated heterocycles. The van der Waals surface area contributed by atoms with Crippen molar-refractivity contribution in [1.82, 2.24) is 4.90 Å². The highest BCUT2D eigenvalue weighted by Crippen LogP contribution is 2.24. The van der Waals surface area contributed by atoms with E-state index in [0.717, 1.165) is 31.8 Å². The van der Waals surface area contributed by atoms with E-state index in [0.29, 0.717) is 11.8 Å². The lowest BCUT2D eigenvalue weighted by Crippen LogP contribution is -2.29. The third-order valence-electron chi connectivity index (χ3n) is 3.96. The molecule has 1 aliphatic rings. The van der Waals surface area contributed by atoms with E-state index in [9.17, 15) is 5.11 Å². The van der Waals surface area contributed by atoms with E-state index in [1.165, 1.54) is 5.56 Å². The van der Waals surface area contributed by atoms with Gasteiger partial charge in [-0.2, -0.15) is 12.6 Å². The van der Waals surface area contributed by atoms with Crippen molar-refractivity contribution in [3.8, 4) is 0 Å². The Labute approximate surface area is 115 Å². The van der Waals surface area contributed by atoms with Crippen molar-refractivity contribution >= 4 is 12.6 Å². The maximum atomic E-state index is 9.64. The van der Waals surface area contributed by atoms with Gasteiger partial charge in [0.25, 0.3) is 0 Å². The lowest BCUT2D eigenvalue weighted by molar-refractivity contribution is 0.127. The van der Waals surface area contributed by atoms with Crippen molar-refractivity contribution in [2.24, 2.45) is 5.92 Å². The van der Waals surface area contributed by atoms with Crippen LogP contribution in [0.1, 0.15) is 24.8 Å². The predicted molar refractivity (Wildman–Crippen MR) is 79.3 cm³/mol. The second kappa shape index (κ2) is 6.60. The summed E-state index contributed by atoms with van der Waals surface area (Å²) in [6.45, 7) is 5.08. The SMILES string of the molecule is CC(O)C1CCN(CC(CS)c2ccccc2)C1. The van der Waals surface area contributed by atoms with E-state index in [-0.39, 0.29) is 6.10 Å². The first-order valence-corrected chi connectivity index (χ1v) is 7.40. The van der Waals surface area contributed by atoms with Crippen LogP contribution in [-0.2, 0) is 0 Å². The van der Waals surface area contributed by atoms with Gasteiger partial charge in [0.05, 0.1) is 6.10 Å². The van der Waals surface area contributed by atoms with Crippen molar-refractivity contribution in [3.63, 3.8) is 0 Å². The van der Waals surface area contributed by atoms with E-state index in [2.05, 4.69) is 47.9 Å². The van der Waals surface area contributed by atoms with Crippen LogP contribution in [0, 0.1) is 5.92 Å². The van der Waals surface area contributed by atoms with Gasteiger partial charge in [-0.15, -0.1) is 0 Å². The number of rotatable bonds is 5. The second-order valence-electron chi connectivity index (χ2n) is 5.34. The van der Waals surface area contributed by atoms with Gasteiger partial charge in [0.15, 0.2) is 0 Å². The molecule has 1 heterocycles. The van der Waals surface area contributed by atoms with Crippen LogP contribution in [0.25, 0.3) is 0 Å². The Hall–Kier alpha value is -0.510. The Bertz CT molecular complexity index is 355. The lowest BCUT2D eigenvalue weighted by atomic mass is 10.0. The van der Waals surface area contributed by atoms with Gasteiger partial charge in [-0.3, -0.25) is 0 Å². The number of benzene rings is 1. The molecule has 1 aromatic rings. The second-order valence-corrected chi connectivity index (χ2v) is 5.70. The Morgan fingerprint density at radius 2 is 2.11 bits per heavy atom. The molecule has 100 valence electrons. The first-order valence-electron chi connectivity index (χ1n) is 6.77. The van der Waals surface area contributed by atoms with E-state index in [4.69, 9.17) is 0 Å². The summed E-state index contributed by atoms with van der Waals surface area (Å²) in [4.78, 5) is 2.46. The molecule has 0 bridgehead atoms. The summed E-state index contributed by atoms with van der Waals surface area (Å²) >= 11 is 4.49. The molecule has 0 spiro atoms. The zero-order valence-electron chi connectivity index (χ0n) is 11.0. The molecule has 3 heteroatoms. The number of aliphatic hydroxyl groups is 1. The van der Waals surface area contributed by atoms with Gasteiger partial charge in [0, 0.05) is 19.0 Å². The smallest absolute Gasteiger partial charge is 0.0552 e. The molecule has 0 radical (unpaired) electrons. The van der Waals surface area contributed by atoms with Gasteiger partial charge in [0.2, 0.25) is 0 Å². The summed E-state index contributed by atoms with van der Waals surface area (Å²) in [5.74, 6) is 1.81. The summed E-state index contributed by atoms with van der Waals surface area (Å²) in [5.41, 5.74) is 1.37. The highest BCUT2D eigenvalue weighted by Gasteiger charge is 2.27. The Morgan fingerprint density at radius 3 is 2.67 bits per heavy atom. The van der Waals surface area contributed by atoms with Crippen LogP contribution in [0.2, 0.25) is 0 Å². The number of hydrogen-bond donors (Lipinski definition) is 2. The molecule has 2 nitrogen and oxygen atoms in total. The van der Waals surface area contributed by atoms with Crippen molar-refractivity contribution in [2.45, 2.75) is 25.4 Å². The molecule has 1 aromatic carbocycles. The summed E-state index contributed by atoms with van der Waals surface area (Å²) in [6.07, 6.45) is 0.937. The number of nitrogens with zero attached hydrogens (tertiary/aromatic N) is 1. The third kappa shape index (κ3) is 3.50. The summed E-state index contributed by atoms with van der Waals surface area (Å²) in [6, 6.07) is 10.6. The normalized spacial score (nSPS) is 24.1. The predicted octanol–water partition coefficient (Wildman–Crippen LogP) is 2.40. The standard InChI is InChI=1S/C15H23NOS/c1-12(17)14-7-8-16(9-14)10-15(11-18)13-5-3-2-4-6-13/h2-6,12,14-15,17-18H,7-11H2,1H3. The van der Waals surface area contributed by atoms with E-state index in [1.54, 1.807) is 0 Å². The summed E-state index contributed by atoms with van der Waals surface area (Å²) < 4.78 is 0. The van der Waals surface area contributed by atoms with Gasteiger partial charge < -0.3 is 10.0 Å². The van der Waals surface area contributed by atoms with E-state index < -0.39 is 0 Å². The van der Waals surface area contributed by atoms with Crippen molar-refractivity contribution in [3.05, 3.63) is 35.9 Å². The molecule has 3 unspecified atom stereocenters. The van der Waals surface area contributed by atoms with Gasteiger partial charge >= 0.3 is 0 Å². The van der Waals surface area contributed by atoms with E-state index >= 15 is 0 Å². The Balaban J connectivity index is 1.92. The molecule has 0 aromatic heterocycles. The monoisotopic (exact) mass is 265 g/mol. The first kappa shape index (κ1) is 13.9. The highest BCUT2D eigenvalue weighted by molar-refractivity contribution is 7.80. The van der Waals surface area contributed by atoms with Crippen LogP contribution in [0.5, 0.6) is 0 Å². The maximum Gasteiger partial charge on any atom is 0.0552 e. The average molecular weight is 265 g/mol. The Morgan fingerprint density at radius 1 is 1.39 bits per heavy atom. The number of hydrogen-bond acceptors (Lipinski definition) is 3. The molecular weight excluding hydrogens is 242 g/mol. The average Bonchev–Trinajstić information content (AvgIpc) is 2.86. The molecular formula is C15H23NOS. The summed E-state index contributed by atoms with van der Waals surface area (Å²) in [5, 5.41) is 9.64. The molecule has 2 rings (SSSR count). The molecule has 0 aliphatic carbocycles. The fraction of sp³-hybridized carbons (Fsp3) is 0.600. The molecule has 1 fully saturated rings. The molecule has 18 heavy (non-hydrogen) atoms. The number of likely N-dealkylation sites (tertiary alicyclic amines) is 1. The molecule has 1 aliphatic heterocycles. The largest absolute Gasteiger partial charge is 0.393 e. The fourth-order valence-corrected chi connectivity index (χ4v) is 3.05. The maximum absolute atomic E-state index is 9.64. The fourth-order valence-electron chi connectivity index (χ4n) is 2.73. The number of aliphatic hydroxyl groups excluding tert-OH is 1. The first-order chi connectivity index (χ1) is 8.70. The lowest BCUT2D eigenvalue weighted by Gasteiger charge is -2.23. The number of thiol groups is 1. The van der Waals surface area contributed by atoms with Crippen LogP contribution < -0.4 is 0 Å². The minimum atomic E-state index is -0.179. The van der Waals surface area contributed by atoms with Gasteiger partial charge in [-0.1, -0.05) is 30.3 Å². The van der Waals surface area contributed by atoms with Crippen LogP contribution in [-0.4, -0.2) is 41.5 Å². The van der Waals surface area contributed by atoms with E-state index in [1.807, 2.05) is 6.92 Å². The zero-order valence-corrected chi connectivity index (χ0v) is 11.9. The minimum Gasteiger partial charge on any atom is -0.393 e. The van der Waals surface area contributed by atoms with Gasteiger partial charge in [-0.25, -0.2) is 0 Å². The summed E-state index contributed by atoms with van der Waals surface area (Å²) in [7, 11) is 0. The molecule has 0 amide bonds. The quantitative estimate of drug-likeness (QED) is 0.799. The molecule has 1 N–H and O–H groups in total. The molecule has 3 atom stereocenters. The van der Waals surface area contributed by atoms with Crippen molar-refractivity contribution in [1.29, 1.82) is 0 Å². The molecule has 0 saturated carbocycles. The van der Waals surface area contributed by atoms with Crippen LogP contribution in [0.4, 0.5) is 0 Å². The van der Waals surface area contributed by atoms with Crippen molar-refractivity contribution in [2.75, 3.05) is 25.4 Å². The zero-order chi connectivity index (χ0) is 13.0. The van der Waals surface area contributed by atoms with Gasteiger partial charge in [0.1, 0.15) is 0 Å². The minimum absolute atomic E-state index is 0.179.